The second kappa shape index (κ2) is 4.63. The second-order valence-electron chi connectivity index (χ2n) is 6.75. The van der Waals surface area contributed by atoms with Crippen molar-refractivity contribution in [1.29, 1.82) is 0 Å². The summed E-state index contributed by atoms with van der Waals surface area (Å²) < 4.78 is 31.4. The van der Waals surface area contributed by atoms with Crippen LogP contribution in [0.1, 0.15) is 37.5 Å². The Labute approximate surface area is 120 Å². The average molecular weight is 299 g/mol. The Morgan fingerprint density at radius 2 is 1.95 bits per heavy atom. The van der Waals surface area contributed by atoms with Gasteiger partial charge in [-0.05, 0) is 44.7 Å². The highest BCUT2D eigenvalue weighted by Crippen LogP contribution is 2.65. The van der Waals surface area contributed by atoms with E-state index in [0.29, 0.717) is 24.7 Å². The lowest BCUT2D eigenvalue weighted by molar-refractivity contribution is 0.0571. The molecule has 0 amide bonds. The molecule has 1 aliphatic heterocycles. The largest absolute Gasteiger partial charge is 0.434 e. The van der Waals surface area contributed by atoms with E-state index < -0.39 is 11.7 Å². The minimum atomic E-state index is -2.36. The molecule has 1 aromatic rings. The number of piperidine rings is 1. The summed E-state index contributed by atoms with van der Waals surface area (Å²) in [5, 5.41) is 6.19. The van der Waals surface area contributed by atoms with Crippen LogP contribution in [0, 0.1) is 17.8 Å². The SMILES string of the molecule is O=c1[nH]nc(C2CCN(CC3CC4C(C3)C4(F)F)CC2)o1. The van der Waals surface area contributed by atoms with E-state index in [1.54, 1.807) is 0 Å². The minimum absolute atomic E-state index is 0.196. The van der Waals surface area contributed by atoms with Crippen molar-refractivity contribution in [2.24, 2.45) is 17.8 Å². The quantitative estimate of drug-likeness (QED) is 0.925. The van der Waals surface area contributed by atoms with Crippen LogP contribution in [-0.2, 0) is 0 Å². The smallest absolute Gasteiger partial charge is 0.392 e. The number of H-pyrrole nitrogens is 1. The van der Waals surface area contributed by atoms with Gasteiger partial charge in [0, 0.05) is 24.3 Å². The first-order chi connectivity index (χ1) is 10.0. The molecule has 2 unspecified atom stereocenters. The van der Waals surface area contributed by atoms with Crippen LogP contribution in [0.2, 0.25) is 0 Å². The predicted molar refractivity (Wildman–Crippen MR) is 70.2 cm³/mol. The molecule has 2 saturated carbocycles. The zero-order valence-corrected chi connectivity index (χ0v) is 11.7. The first-order valence-corrected chi connectivity index (χ1v) is 7.69. The van der Waals surface area contributed by atoms with Gasteiger partial charge in [-0.25, -0.2) is 18.7 Å². The summed E-state index contributed by atoms with van der Waals surface area (Å²) in [6.07, 6.45) is 3.19. The lowest BCUT2D eigenvalue weighted by atomic mass is 9.95. The van der Waals surface area contributed by atoms with E-state index in [4.69, 9.17) is 4.42 Å². The van der Waals surface area contributed by atoms with Crippen LogP contribution in [0.4, 0.5) is 8.78 Å². The van der Waals surface area contributed by atoms with E-state index in [2.05, 4.69) is 15.1 Å². The fourth-order valence-corrected chi connectivity index (χ4v) is 4.21. The molecule has 2 heterocycles. The first kappa shape index (κ1) is 13.4. The molecule has 21 heavy (non-hydrogen) atoms. The molecule has 7 heteroatoms. The van der Waals surface area contributed by atoms with Crippen LogP contribution in [-0.4, -0.2) is 40.7 Å². The topological polar surface area (TPSA) is 62.1 Å². The number of fused-ring (bicyclic) bond motifs is 1. The Hall–Kier alpha value is -1.24. The number of likely N-dealkylation sites (tertiary alicyclic amines) is 1. The van der Waals surface area contributed by atoms with Gasteiger partial charge in [0.05, 0.1) is 0 Å². The molecule has 0 radical (unpaired) electrons. The molecule has 0 spiro atoms. The van der Waals surface area contributed by atoms with Gasteiger partial charge >= 0.3 is 5.76 Å². The Kier molecular flexibility index (Phi) is 2.96. The van der Waals surface area contributed by atoms with Gasteiger partial charge in [0.2, 0.25) is 5.89 Å². The summed E-state index contributed by atoms with van der Waals surface area (Å²) in [7, 11) is 0. The third kappa shape index (κ3) is 2.31. The molecule has 1 aromatic heterocycles. The van der Waals surface area contributed by atoms with Crippen molar-refractivity contribution in [2.75, 3.05) is 19.6 Å². The second-order valence-corrected chi connectivity index (χ2v) is 6.75. The van der Waals surface area contributed by atoms with Gasteiger partial charge in [-0.2, -0.15) is 0 Å². The van der Waals surface area contributed by atoms with E-state index in [1.165, 1.54) is 0 Å². The third-order valence-corrected chi connectivity index (χ3v) is 5.45. The van der Waals surface area contributed by atoms with Crippen molar-refractivity contribution in [2.45, 2.75) is 37.5 Å². The number of nitrogens with one attached hydrogen (secondary N) is 1. The van der Waals surface area contributed by atoms with Crippen LogP contribution in [0.15, 0.2) is 9.21 Å². The normalized spacial score (nSPS) is 35.8. The number of alkyl halides is 2. The Balaban J connectivity index is 1.26. The molecule has 3 aliphatic rings. The van der Waals surface area contributed by atoms with Crippen molar-refractivity contribution in [1.82, 2.24) is 15.1 Å². The number of aromatic nitrogens is 2. The van der Waals surface area contributed by atoms with Crippen LogP contribution < -0.4 is 5.76 Å². The van der Waals surface area contributed by atoms with Gasteiger partial charge in [0.25, 0.3) is 5.92 Å². The highest BCUT2D eigenvalue weighted by molar-refractivity contribution is 5.11. The molecular formula is C14H19F2N3O2. The number of rotatable bonds is 3. The Bertz CT molecular complexity index is 563. The number of hydrogen-bond donors (Lipinski definition) is 1. The summed E-state index contributed by atoms with van der Waals surface area (Å²) in [4.78, 5) is 13.3. The average Bonchev–Trinajstić information content (AvgIpc) is 2.88. The maximum atomic E-state index is 13.2. The van der Waals surface area contributed by atoms with E-state index in [9.17, 15) is 13.6 Å². The molecule has 0 bridgehead atoms. The van der Waals surface area contributed by atoms with E-state index >= 15 is 0 Å². The molecule has 0 aromatic carbocycles. The fraction of sp³-hybridized carbons (Fsp3) is 0.857. The van der Waals surface area contributed by atoms with Crippen molar-refractivity contribution in [3.8, 4) is 0 Å². The summed E-state index contributed by atoms with van der Waals surface area (Å²) in [6, 6.07) is 0. The number of aromatic amines is 1. The van der Waals surface area contributed by atoms with Gasteiger partial charge in [-0.1, -0.05) is 0 Å². The van der Waals surface area contributed by atoms with Crippen molar-refractivity contribution in [3.63, 3.8) is 0 Å². The highest BCUT2D eigenvalue weighted by atomic mass is 19.3. The maximum Gasteiger partial charge on any atom is 0.434 e. The summed E-state index contributed by atoms with van der Waals surface area (Å²) in [5.74, 6) is -2.40. The Morgan fingerprint density at radius 3 is 2.52 bits per heavy atom. The predicted octanol–water partition coefficient (Wildman–Crippen LogP) is 1.83. The fourth-order valence-electron chi connectivity index (χ4n) is 4.21. The molecule has 1 saturated heterocycles. The summed E-state index contributed by atoms with van der Waals surface area (Å²) in [6.45, 7) is 2.77. The zero-order chi connectivity index (χ0) is 14.6. The van der Waals surface area contributed by atoms with Crippen molar-refractivity contribution < 1.29 is 13.2 Å². The zero-order valence-electron chi connectivity index (χ0n) is 11.7. The molecule has 1 N–H and O–H groups in total. The van der Waals surface area contributed by atoms with Gasteiger partial charge < -0.3 is 9.32 Å². The van der Waals surface area contributed by atoms with Crippen LogP contribution >= 0.6 is 0 Å². The Morgan fingerprint density at radius 1 is 1.29 bits per heavy atom. The lowest BCUT2D eigenvalue weighted by Crippen LogP contribution is -2.36. The standard InChI is InChI=1S/C14H19F2N3O2/c15-14(16)10-5-8(6-11(10)14)7-19-3-1-9(2-4-19)12-17-18-13(20)21-12/h8-11H,1-7H2,(H,18,20). The monoisotopic (exact) mass is 299 g/mol. The number of halogens is 2. The van der Waals surface area contributed by atoms with Gasteiger partial charge in [-0.15, -0.1) is 5.10 Å². The van der Waals surface area contributed by atoms with E-state index in [0.717, 1.165) is 32.5 Å². The number of hydrogen-bond acceptors (Lipinski definition) is 4. The van der Waals surface area contributed by atoms with Crippen LogP contribution in [0.25, 0.3) is 0 Å². The van der Waals surface area contributed by atoms with E-state index in [1.807, 2.05) is 0 Å². The summed E-state index contributed by atoms with van der Waals surface area (Å²) in [5.41, 5.74) is 0. The molecule has 116 valence electrons. The number of nitrogens with zero attached hydrogens (tertiary/aromatic N) is 2. The van der Waals surface area contributed by atoms with Crippen molar-refractivity contribution >= 4 is 0 Å². The van der Waals surface area contributed by atoms with Crippen LogP contribution in [0.5, 0.6) is 0 Å². The lowest BCUT2D eigenvalue weighted by Gasteiger charge is -2.32. The molecule has 2 aliphatic carbocycles. The highest BCUT2D eigenvalue weighted by Gasteiger charge is 2.71. The third-order valence-electron chi connectivity index (χ3n) is 5.45. The minimum Gasteiger partial charge on any atom is -0.392 e. The molecule has 4 rings (SSSR count). The van der Waals surface area contributed by atoms with E-state index in [-0.39, 0.29) is 17.8 Å². The first-order valence-electron chi connectivity index (χ1n) is 7.69. The summed E-state index contributed by atoms with van der Waals surface area (Å²) >= 11 is 0. The molecule has 5 nitrogen and oxygen atoms in total. The molecule has 3 fully saturated rings. The van der Waals surface area contributed by atoms with Gasteiger partial charge in [0.1, 0.15) is 0 Å². The molecular weight excluding hydrogens is 280 g/mol. The van der Waals surface area contributed by atoms with Crippen molar-refractivity contribution in [3.05, 3.63) is 16.4 Å². The van der Waals surface area contributed by atoms with Crippen LogP contribution in [0.3, 0.4) is 0 Å². The maximum absolute atomic E-state index is 13.2. The van der Waals surface area contributed by atoms with Gasteiger partial charge in [-0.3, -0.25) is 0 Å². The molecule has 2 atom stereocenters. The van der Waals surface area contributed by atoms with Gasteiger partial charge in [0.15, 0.2) is 0 Å².